The Hall–Kier alpha value is -2.05. The fourth-order valence-corrected chi connectivity index (χ4v) is 3.48. The number of rotatable bonds is 7. The van der Waals surface area contributed by atoms with Crippen LogP contribution in [0.2, 0.25) is 0 Å². The van der Waals surface area contributed by atoms with Gasteiger partial charge in [0.2, 0.25) is 5.91 Å². The van der Waals surface area contributed by atoms with Crippen molar-refractivity contribution >= 4 is 16.9 Å². The lowest BCUT2D eigenvalue weighted by atomic mass is 9.79. The number of hydrogen-bond acceptors (Lipinski definition) is 5. The van der Waals surface area contributed by atoms with Crippen molar-refractivity contribution in [3.63, 3.8) is 0 Å². The fourth-order valence-electron chi connectivity index (χ4n) is 3.48. The number of piperidine rings is 1. The molecule has 0 unspecified atom stereocenters. The van der Waals surface area contributed by atoms with Crippen molar-refractivity contribution in [1.29, 1.82) is 0 Å². The predicted octanol–water partition coefficient (Wildman–Crippen LogP) is 2.12. The van der Waals surface area contributed by atoms with Crippen LogP contribution < -0.4 is 15.4 Å². The minimum absolute atomic E-state index is 0.00697. The highest BCUT2D eigenvalue weighted by atomic mass is 16.5. The Balaban J connectivity index is 1.62. The lowest BCUT2D eigenvalue weighted by molar-refractivity contribution is -0.121. The average molecular weight is 346 g/mol. The van der Waals surface area contributed by atoms with E-state index in [2.05, 4.69) is 10.6 Å². The summed E-state index contributed by atoms with van der Waals surface area (Å²) in [6.07, 6.45) is 3.98. The smallest absolute Gasteiger partial charge is 0.224 e. The maximum atomic E-state index is 12.4. The van der Waals surface area contributed by atoms with E-state index in [1.165, 1.54) is 0 Å². The summed E-state index contributed by atoms with van der Waals surface area (Å²) in [6.45, 7) is 3.25. The third kappa shape index (κ3) is 4.14. The molecular formula is C19H26N2O4. The second-order valence-corrected chi connectivity index (χ2v) is 6.76. The van der Waals surface area contributed by atoms with Gasteiger partial charge < -0.3 is 24.5 Å². The van der Waals surface area contributed by atoms with Crippen LogP contribution in [0.25, 0.3) is 11.0 Å². The van der Waals surface area contributed by atoms with E-state index >= 15 is 0 Å². The molecule has 1 fully saturated rings. The van der Waals surface area contributed by atoms with Crippen LogP contribution >= 0.6 is 0 Å². The highest BCUT2D eigenvalue weighted by Crippen LogP contribution is 2.29. The largest absolute Gasteiger partial charge is 0.497 e. The summed E-state index contributed by atoms with van der Waals surface area (Å²) >= 11 is 0. The first-order chi connectivity index (χ1) is 12.2. The molecule has 0 atom stereocenters. The first-order valence-corrected chi connectivity index (χ1v) is 8.66. The first-order valence-electron chi connectivity index (χ1n) is 8.66. The second-order valence-electron chi connectivity index (χ2n) is 6.76. The van der Waals surface area contributed by atoms with Gasteiger partial charge in [0.1, 0.15) is 11.3 Å². The van der Waals surface area contributed by atoms with Crippen molar-refractivity contribution in [3.8, 4) is 5.75 Å². The van der Waals surface area contributed by atoms with Crippen LogP contribution in [0.1, 0.15) is 18.4 Å². The molecule has 2 aromatic rings. The molecule has 0 spiro atoms. The van der Waals surface area contributed by atoms with E-state index in [1.807, 2.05) is 18.2 Å². The molecule has 1 aromatic carbocycles. The molecule has 6 heteroatoms. The first kappa shape index (κ1) is 17.8. The van der Waals surface area contributed by atoms with E-state index in [4.69, 9.17) is 13.9 Å². The summed E-state index contributed by atoms with van der Waals surface area (Å²) in [5.74, 6) is 0.748. The van der Waals surface area contributed by atoms with Crippen LogP contribution in [-0.2, 0) is 16.0 Å². The average Bonchev–Trinajstić information content (AvgIpc) is 3.03. The highest BCUT2D eigenvalue weighted by molar-refractivity contribution is 5.88. The van der Waals surface area contributed by atoms with Gasteiger partial charge in [0.25, 0.3) is 0 Å². The topological polar surface area (TPSA) is 72.7 Å². The molecule has 1 aliphatic heterocycles. The van der Waals surface area contributed by atoms with Crippen LogP contribution in [0.15, 0.2) is 28.9 Å². The molecule has 1 saturated heterocycles. The summed E-state index contributed by atoms with van der Waals surface area (Å²) in [4.78, 5) is 12.4. The van der Waals surface area contributed by atoms with Crippen molar-refractivity contribution in [2.75, 3.05) is 40.5 Å². The third-order valence-electron chi connectivity index (χ3n) is 4.99. The Morgan fingerprint density at radius 3 is 2.84 bits per heavy atom. The summed E-state index contributed by atoms with van der Waals surface area (Å²) in [6, 6.07) is 5.64. The van der Waals surface area contributed by atoms with Crippen LogP contribution in [0.5, 0.6) is 5.75 Å². The summed E-state index contributed by atoms with van der Waals surface area (Å²) in [7, 11) is 3.34. The lowest BCUT2D eigenvalue weighted by Crippen LogP contribution is -2.47. The maximum absolute atomic E-state index is 12.4. The molecule has 0 aliphatic carbocycles. The molecule has 136 valence electrons. The molecule has 0 saturated carbocycles. The van der Waals surface area contributed by atoms with Crippen molar-refractivity contribution in [2.45, 2.75) is 19.3 Å². The Labute approximate surface area is 147 Å². The molecule has 1 aromatic heterocycles. The predicted molar refractivity (Wildman–Crippen MR) is 95.9 cm³/mol. The number of carbonyl (C=O) groups is 1. The monoisotopic (exact) mass is 346 g/mol. The van der Waals surface area contributed by atoms with Gasteiger partial charge in [0.15, 0.2) is 0 Å². The van der Waals surface area contributed by atoms with Crippen molar-refractivity contribution in [2.24, 2.45) is 5.41 Å². The van der Waals surface area contributed by atoms with Crippen molar-refractivity contribution < 1.29 is 18.7 Å². The molecule has 1 amide bonds. The Morgan fingerprint density at radius 1 is 1.32 bits per heavy atom. The number of ether oxygens (including phenoxy) is 2. The number of benzene rings is 1. The zero-order valence-electron chi connectivity index (χ0n) is 14.9. The van der Waals surface area contributed by atoms with Gasteiger partial charge in [-0.3, -0.25) is 4.79 Å². The van der Waals surface area contributed by atoms with Gasteiger partial charge in [-0.2, -0.15) is 0 Å². The van der Waals surface area contributed by atoms with Gasteiger partial charge in [0.05, 0.1) is 26.4 Å². The van der Waals surface area contributed by atoms with Crippen LogP contribution in [-0.4, -0.2) is 46.4 Å². The van der Waals surface area contributed by atoms with Gasteiger partial charge in [-0.1, -0.05) is 0 Å². The van der Waals surface area contributed by atoms with Crippen molar-refractivity contribution in [3.05, 3.63) is 30.0 Å². The van der Waals surface area contributed by atoms with Gasteiger partial charge in [-0.25, -0.2) is 0 Å². The number of amides is 1. The lowest BCUT2D eigenvalue weighted by Gasteiger charge is -2.37. The van der Waals surface area contributed by atoms with Gasteiger partial charge in [0, 0.05) is 36.1 Å². The fraction of sp³-hybridized carbons (Fsp3) is 0.526. The number of furan rings is 1. The second kappa shape index (κ2) is 7.89. The van der Waals surface area contributed by atoms with E-state index in [9.17, 15) is 4.79 Å². The van der Waals surface area contributed by atoms with Crippen LogP contribution in [0, 0.1) is 5.41 Å². The van der Waals surface area contributed by atoms with E-state index in [0.717, 1.165) is 48.2 Å². The Kier molecular flexibility index (Phi) is 5.60. The molecule has 2 N–H and O–H groups in total. The van der Waals surface area contributed by atoms with Gasteiger partial charge in [-0.05, 0) is 38.1 Å². The molecule has 0 radical (unpaired) electrons. The summed E-state index contributed by atoms with van der Waals surface area (Å²) in [5, 5.41) is 7.40. The molecule has 1 aliphatic rings. The van der Waals surface area contributed by atoms with Crippen LogP contribution in [0.4, 0.5) is 0 Å². The Bertz CT molecular complexity index is 714. The van der Waals surface area contributed by atoms with E-state index in [0.29, 0.717) is 19.6 Å². The zero-order valence-corrected chi connectivity index (χ0v) is 14.9. The zero-order chi connectivity index (χ0) is 17.7. The molecule has 25 heavy (non-hydrogen) atoms. The molecular weight excluding hydrogens is 320 g/mol. The number of fused-ring (bicyclic) bond motifs is 1. The van der Waals surface area contributed by atoms with E-state index in [-0.39, 0.29) is 11.3 Å². The minimum Gasteiger partial charge on any atom is -0.497 e. The highest BCUT2D eigenvalue weighted by Gasteiger charge is 2.32. The minimum atomic E-state index is 0.00697. The maximum Gasteiger partial charge on any atom is 0.224 e. The van der Waals surface area contributed by atoms with Crippen molar-refractivity contribution in [1.82, 2.24) is 10.6 Å². The quantitative estimate of drug-likeness (QED) is 0.803. The number of carbonyl (C=O) groups excluding carboxylic acids is 1. The number of hydrogen-bond donors (Lipinski definition) is 2. The molecule has 3 rings (SSSR count). The molecule has 6 nitrogen and oxygen atoms in total. The normalized spacial score (nSPS) is 16.7. The summed E-state index contributed by atoms with van der Waals surface area (Å²) in [5.41, 5.74) is 1.65. The SMILES string of the molecule is COCC1(CNC(=O)Cc2coc3cc(OC)ccc23)CCNCC1. The third-order valence-corrected chi connectivity index (χ3v) is 4.99. The Morgan fingerprint density at radius 2 is 2.12 bits per heavy atom. The summed E-state index contributed by atoms with van der Waals surface area (Å²) < 4.78 is 16.1. The number of nitrogens with one attached hydrogen (secondary N) is 2. The van der Waals surface area contributed by atoms with Crippen LogP contribution in [0.3, 0.4) is 0 Å². The molecule has 2 heterocycles. The van der Waals surface area contributed by atoms with E-state index < -0.39 is 0 Å². The standard InChI is InChI=1S/C19H26N2O4/c1-23-13-19(5-7-20-8-6-19)12-21-18(22)9-14-11-25-17-10-15(24-2)3-4-16(14)17/h3-4,10-11,20H,5-9,12-13H2,1-2H3,(H,21,22). The van der Waals surface area contributed by atoms with Gasteiger partial charge >= 0.3 is 0 Å². The number of methoxy groups -OCH3 is 2. The van der Waals surface area contributed by atoms with E-state index in [1.54, 1.807) is 20.5 Å². The van der Waals surface area contributed by atoms with Gasteiger partial charge in [-0.15, -0.1) is 0 Å². The molecule has 0 bridgehead atoms.